The molecule has 0 spiro atoms. The lowest BCUT2D eigenvalue weighted by molar-refractivity contribution is -0.121. The highest BCUT2D eigenvalue weighted by Gasteiger charge is 2.21. The Bertz CT molecular complexity index is 706. The summed E-state index contributed by atoms with van der Waals surface area (Å²) in [6.07, 6.45) is 10.4. The molecule has 0 unspecified atom stereocenters. The van der Waals surface area contributed by atoms with E-state index in [1.54, 1.807) is 7.11 Å². The van der Waals surface area contributed by atoms with Crippen molar-refractivity contribution in [1.82, 2.24) is 0 Å². The number of hydrogen-bond donors (Lipinski definition) is 0. The number of methoxy groups -OCH3 is 1. The lowest BCUT2D eigenvalue weighted by atomic mass is 9.97. The van der Waals surface area contributed by atoms with Crippen molar-refractivity contribution in [3.05, 3.63) is 6.66 Å². The van der Waals surface area contributed by atoms with Gasteiger partial charge in [-0.3, -0.25) is 11.5 Å². The van der Waals surface area contributed by atoms with E-state index in [4.69, 9.17) is 22.1 Å². The van der Waals surface area contributed by atoms with Crippen LogP contribution in [0.3, 0.4) is 0 Å². The number of terminal acetylenes is 2. The van der Waals surface area contributed by atoms with Gasteiger partial charge in [-0.05, 0) is 61.0 Å². The molecule has 0 saturated heterocycles. The zero-order valence-electron chi connectivity index (χ0n) is 15.7. The molecule has 0 aliphatic carbocycles. The Kier molecular flexibility index (Phi) is 16.0. The minimum absolute atomic E-state index is 0.0625. The molecule has 5 heteroatoms. The van der Waals surface area contributed by atoms with Crippen molar-refractivity contribution in [2.75, 3.05) is 20.4 Å². The number of carbonyl (C=O) groups excluding carboxylic acids is 1. The van der Waals surface area contributed by atoms with E-state index >= 15 is 0 Å². The summed E-state index contributed by atoms with van der Waals surface area (Å²) in [5.74, 6) is 18.5. The third kappa shape index (κ3) is 18.0. The van der Waals surface area contributed by atoms with Gasteiger partial charge in [0.2, 0.25) is 0 Å². The van der Waals surface area contributed by atoms with Crippen LogP contribution < -0.4 is 0 Å². The van der Waals surface area contributed by atoms with Crippen LogP contribution in [0.4, 0.5) is 0 Å². The van der Waals surface area contributed by atoms with Crippen LogP contribution in [0, 0.1) is 72.8 Å². The zero-order chi connectivity index (χ0) is 20.4. The van der Waals surface area contributed by atoms with E-state index in [1.807, 2.05) is 13.8 Å². The maximum Gasteiger partial charge on any atom is 0.133 e. The predicted octanol–water partition coefficient (Wildman–Crippen LogP) is 2.99. The van der Waals surface area contributed by atoms with E-state index in [-0.39, 0.29) is 24.4 Å². The number of carbonyl (C=O) groups is 1. The molecule has 0 aromatic heterocycles. The fourth-order valence-corrected chi connectivity index (χ4v) is 1.95. The van der Waals surface area contributed by atoms with E-state index in [2.05, 4.69) is 54.0 Å². The summed E-state index contributed by atoms with van der Waals surface area (Å²) in [5.41, 5.74) is 0. The second-order valence-corrected chi connectivity index (χ2v) is 7.43. The lowest BCUT2D eigenvalue weighted by Crippen LogP contribution is -2.26. The molecule has 26 heavy (non-hydrogen) atoms. The second kappa shape index (κ2) is 16.1. The van der Waals surface area contributed by atoms with Crippen molar-refractivity contribution in [2.24, 2.45) is 5.92 Å². The molecule has 138 valence electrons. The van der Waals surface area contributed by atoms with Crippen LogP contribution in [-0.4, -0.2) is 32.3 Å². The molecule has 0 amide bonds. The molecule has 4 nitrogen and oxygen atoms in total. The number of ether oxygens (including phenoxy) is 1. The van der Waals surface area contributed by atoms with Gasteiger partial charge in [-0.15, -0.1) is 12.8 Å². The molecule has 0 aliphatic heterocycles. The Morgan fingerprint density at radius 3 is 1.92 bits per heavy atom. The van der Waals surface area contributed by atoms with Crippen LogP contribution >= 0.6 is 7.37 Å². The van der Waals surface area contributed by atoms with Gasteiger partial charge in [0.25, 0.3) is 0 Å². The normalized spacial score (nSPS) is 12.9. The highest BCUT2D eigenvalue weighted by Crippen LogP contribution is 2.40. The first-order valence-corrected chi connectivity index (χ1v) is 9.99. The van der Waals surface area contributed by atoms with Gasteiger partial charge in [-0.25, -0.2) is 0 Å². The molecular weight excluding hydrogens is 347 g/mol. The van der Waals surface area contributed by atoms with Gasteiger partial charge in [0.15, 0.2) is 0 Å². The largest absolute Gasteiger partial charge is 0.381 e. The third-order valence-electron chi connectivity index (χ3n) is 2.94. The fourth-order valence-electron chi connectivity index (χ4n) is 1.44. The van der Waals surface area contributed by atoms with Gasteiger partial charge >= 0.3 is 0 Å². The first-order valence-electron chi connectivity index (χ1n) is 7.73. The van der Waals surface area contributed by atoms with Crippen LogP contribution in [0.15, 0.2) is 0 Å². The molecule has 0 N–H and O–H groups in total. The second-order valence-electron chi connectivity index (χ2n) is 5.15. The van der Waals surface area contributed by atoms with Crippen LogP contribution in [-0.2, 0) is 18.6 Å². The summed E-state index contributed by atoms with van der Waals surface area (Å²) in [5, 5.41) is 0. The molecule has 0 rings (SSSR count). The smallest absolute Gasteiger partial charge is 0.133 e. The Labute approximate surface area is 158 Å². The number of ketones is 1. The molecule has 3 atom stereocenters. The van der Waals surface area contributed by atoms with Gasteiger partial charge in [-0.2, -0.15) is 0 Å². The average molecular weight is 371 g/mol. The van der Waals surface area contributed by atoms with Crippen molar-refractivity contribution < 1.29 is 18.6 Å². The third-order valence-corrected chi connectivity index (χ3v) is 3.63. The first-order chi connectivity index (χ1) is 12.2. The van der Waals surface area contributed by atoms with Gasteiger partial charge in [0.1, 0.15) is 5.78 Å². The molecule has 0 bridgehead atoms. The highest BCUT2D eigenvalue weighted by molar-refractivity contribution is 7.59. The van der Waals surface area contributed by atoms with E-state index < -0.39 is 7.37 Å². The van der Waals surface area contributed by atoms with Crippen molar-refractivity contribution >= 4 is 13.2 Å². The van der Waals surface area contributed by atoms with Crippen LogP contribution in [0.1, 0.15) is 26.7 Å². The standard InChI is InChI=1S/C11H22O4P.C10H2/c1-6-11(12)7-10(9(2)14-3)8-15-16(4,5)13;1-3-5-7-9-10-8-6-4-2/h9-10H,4,6-8H2,1-3,5H3;1-2H/q-1;/t9-,10-,16-;/m1./s1. The van der Waals surface area contributed by atoms with Gasteiger partial charge in [0.05, 0.1) is 20.1 Å². The first kappa shape index (κ1) is 25.9. The van der Waals surface area contributed by atoms with E-state index in [0.717, 1.165) is 0 Å². The molecule has 0 heterocycles. The maximum absolute atomic E-state index is 11.4. The topological polar surface area (TPSA) is 52.6 Å². The highest BCUT2D eigenvalue weighted by atomic mass is 31.2. The molecule has 0 aromatic carbocycles. The molecule has 0 aromatic rings. The summed E-state index contributed by atoms with van der Waals surface area (Å²) in [4.78, 5) is 11.4. The SMILES string of the molecule is C#CC#CC#CC#CC#C.[CH2-][P@@](C)(=O)OC[C@@H](CC(=O)CC)[C@@H](C)OC. The monoisotopic (exact) mass is 371 g/mol. The molecule has 0 radical (unpaired) electrons. The predicted molar refractivity (Wildman–Crippen MR) is 106 cm³/mol. The summed E-state index contributed by atoms with van der Waals surface area (Å²) in [7, 11) is -1.15. The van der Waals surface area contributed by atoms with E-state index in [1.165, 1.54) is 6.66 Å². The Hall–Kier alpha value is -2.38. The minimum atomic E-state index is -2.74. The molecule has 0 aliphatic rings. The lowest BCUT2D eigenvalue weighted by Gasteiger charge is -2.25. The molecule has 0 saturated carbocycles. The number of rotatable bonds is 8. The van der Waals surface area contributed by atoms with Crippen LogP contribution in [0.5, 0.6) is 0 Å². The summed E-state index contributed by atoms with van der Waals surface area (Å²) >= 11 is 0. The van der Waals surface area contributed by atoms with Gasteiger partial charge in [0, 0.05) is 25.9 Å². The fraction of sp³-hybridized carbons (Fsp3) is 0.429. The van der Waals surface area contributed by atoms with Crippen molar-refractivity contribution in [2.45, 2.75) is 32.8 Å². The molecule has 0 fully saturated rings. The minimum Gasteiger partial charge on any atom is -0.381 e. The summed E-state index contributed by atoms with van der Waals surface area (Å²) < 4.78 is 21.7. The van der Waals surface area contributed by atoms with Crippen LogP contribution in [0.25, 0.3) is 0 Å². The van der Waals surface area contributed by atoms with Crippen LogP contribution in [0.2, 0.25) is 0 Å². The summed E-state index contributed by atoms with van der Waals surface area (Å²) in [6, 6.07) is 0. The Morgan fingerprint density at radius 1 is 1.12 bits per heavy atom. The van der Waals surface area contributed by atoms with Crippen molar-refractivity contribution in [1.29, 1.82) is 0 Å². The van der Waals surface area contributed by atoms with Gasteiger partial charge < -0.3 is 13.8 Å². The van der Waals surface area contributed by atoms with Crippen molar-refractivity contribution in [3.8, 4) is 60.2 Å². The maximum atomic E-state index is 11.4. The van der Waals surface area contributed by atoms with Gasteiger partial charge in [-0.1, -0.05) is 6.92 Å². The Morgan fingerprint density at radius 2 is 1.58 bits per heavy atom. The quantitative estimate of drug-likeness (QED) is 0.374. The molecular formula is C21H24O4P-. The van der Waals surface area contributed by atoms with E-state index in [0.29, 0.717) is 12.8 Å². The van der Waals surface area contributed by atoms with Crippen molar-refractivity contribution in [3.63, 3.8) is 0 Å². The summed E-state index contributed by atoms with van der Waals surface area (Å²) in [6.45, 7) is 8.84. The van der Waals surface area contributed by atoms with E-state index in [9.17, 15) is 9.36 Å². The average Bonchev–Trinajstić information content (AvgIpc) is 2.60. The number of hydrogen-bond acceptors (Lipinski definition) is 4. The number of Topliss-reactive ketones (excluding diaryl/α,β-unsaturated/α-hetero) is 1. The Balaban J connectivity index is 0. The zero-order valence-corrected chi connectivity index (χ0v) is 16.6.